The molecule has 20 heavy (non-hydrogen) atoms. The van der Waals surface area contributed by atoms with Crippen molar-refractivity contribution in [2.45, 2.75) is 44.1 Å². The lowest BCUT2D eigenvalue weighted by Gasteiger charge is -2.42. The summed E-state index contributed by atoms with van der Waals surface area (Å²) in [6, 6.07) is 2.64. The Morgan fingerprint density at radius 1 is 1.25 bits per heavy atom. The van der Waals surface area contributed by atoms with E-state index in [1.165, 1.54) is 6.07 Å². The van der Waals surface area contributed by atoms with Crippen LogP contribution in [0.5, 0.6) is 0 Å². The summed E-state index contributed by atoms with van der Waals surface area (Å²) in [6.07, 6.45) is -4.45. The van der Waals surface area contributed by atoms with Crippen molar-refractivity contribution in [1.29, 1.82) is 0 Å². The molecule has 1 unspecified atom stereocenters. The summed E-state index contributed by atoms with van der Waals surface area (Å²) >= 11 is 0. The van der Waals surface area contributed by atoms with E-state index in [1.54, 1.807) is 13.8 Å². The molecule has 1 atom stereocenters. The maximum atomic E-state index is 13.3. The Hall–Kier alpha value is -1.14. The van der Waals surface area contributed by atoms with E-state index in [0.717, 1.165) is 6.07 Å². The van der Waals surface area contributed by atoms with Gasteiger partial charge in [-0.15, -0.1) is 0 Å². The second-order valence-electron chi connectivity index (χ2n) is 5.76. The van der Waals surface area contributed by atoms with Crippen molar-refractivity contribution in [3.05, 3.63) is 35.1 Å². The van der Waals surface area contributed by atoms with Crippen LogP contribution in [0.25, 0.3) is 0 Å². The van der Waals surface area contributed by atoms with Gasteiger partial charge in [-0.05, 0) is 31.5 Å². The van der Waals surface area contributed by atoms with Crippen LogP contribution in [-0.2, 0) is 16.5 Å². The SMILES string of the molecule is CC1(C)CC(O)(c2ccc(F)c(C(F)(F)F)c2)CCO1. The number of hydrogen-bond acceptors (Lipinski definition) is 2. The molecule has 1 saturated heterocycles. The molecule has 1 aliphatic heterocycles. The lowest BCUT2D eigenvalue weighted by atomic mass is 9.79. The lowest BCUT2D eigenvalue weighted by Crippen LogP contribution is -2.44. The maximum Gasteiger partial charge on any atom is 0.419 e. The Morgan fingerprint density at radius 3 is 2.45 bits per heavy atom. The van der Waals surface area contributed by atoms with E-state index in [4.69, 9.17) is 4.74 Å². The molecule has 2 rings (SSSR count). The van der Waals surface area contributed by atoms with Gasteiger partial charge in [-0.25, -0.2) is 4.39 Å². The van der Waals surface area contributed by atoms with Gasteiger partial charge in [0.1, 0.15) is 5.82 Å². The van der Waals surface area contributed by atoms with Gasteiger partial charge in [-0.3, -0.25) is 0 Å². The van der Waals surface area contributed by atoms with Gasteiger partial charge >= 0.3 is 6.18 Å². The lowest BCUT2D eigenvalue weighted by molar-refractivity contribution is -0.149. The predicted octanol–water partition coefficient (Wildman–Crippen LogP) is 3.62. The van der Waals surface area contributed by atoms with Crippen LogP contribution >= 0.6 is 0 Å². The van der Waals surface area contributed by atoms with Gasteiger partial charge in [0.2, 0.25) is 0 Å². The molecule has 1 fully saturated rings. The average molecular weight is 292 g/mol. The minimum atomic E-state index is -4.78. The highest BCUT2D eigenvalue weighted by Crippen LogP contribution is 2.41. The fraction of sp³-hybridized carbons (Fsp3) is 0.571. The van der Waals surface area contributed by atoms with Crippen molar-refractivity contribution in [3.63, 3.8) is 0 Å². The van der Waals surface area contributed by atoms with Gasteiger partial charge in [0.05, 0.1) is 23.4 Å². The molecule has 0 aromatic heterocycles. The zero-order chi connectivity index (χ0) is 15.2. The topological polar surface area (TPSA) is 29.5 Å². The zero-order valence-corrected chi connectivity index (χ0v) is 11.2. The molecule has 2 nitrogen and oxygen atoms in total. The number of aliphatic hydroxyl groups is 1. The van der Waals surface area contributed by atoms with Crippen molar-refractivity contribution in [1.82, 2.24) is 0 Å². The predicted molar refractivity (Wildman–Crippen MR) is 64.6 cm³/mol. The van der Waals surface area contributed by atoms with Gasteiger partial charge in [0, 0.05) is 12.8 Å². The second kappa shape index (κ2) is 4.70. The Bertz CT molecular complexity index is 510. The van der Waals surface area contributed by atoms with Gasteiger partial charge in [0.15, 0.2) is 0 Å². The molecule has 0 spiro atoms. The normalized spacial score (nSPS) is 26.6. The Kier molecular flexibility index (Phi) is 3.59. The molecule has 1 aliphatic rings. The minimum absolute atomic E-state index is 0.0719. The first-order chi connectivity index (χ1) is 9.04. The molecule has 0 aliphatic carbocycles. The largest absolute Gasteiger partial charge is 0.419 e. The first-order valence-corrected chi connectivity index (χ1v) is 6.27. The van der Waals surface area contributed by atoms with Crippen LogP contribution in [0.3, 0.4) is 0 Å². The van der Waals surface area contributed by atoms with E-state index >= 15 is 0 Å². The molecule has 1 heterocycles. The Balaban J connectivity index is 2.43. The minimum Gasteiger partial charge on any atom is -0.385 e. The van der Waals surface area contributed by atoms with Crippen molar-refractivity contribution in [3.8, 4) is 0 Å². The van der Waals surface area contributed by atoms with Gasteiger partial charge < -0.3 is 9.84 Å². The first kappa shape index (κ1) is 15.3. The van der Waals surface area contributed by atoms with Crippen LogP contribution in [0.1, 0.15) is 37.8 Å². The number of alkyl halides is 3. The van der Waals surface area contributed by atoms with E-state index in [-0.39, 0.29) is 25.0 Å². The third kappa shape index (κ3) is 2.96. The van der Waals surface area contributed by atoms with Crippen LogP contribution < -0.4 is 0 Å². The number of ether oxygens (including phenoxy) is 1. The van der Waals surface area contributed by atoms with Crippen LogP contribution in [0.4, 0.5) is 17.6 Å². The maximum absolute atomic E-state index is 13.3. The van der Waals surface area contributed by atoms with Crippen LogP contribution in [-0.4, -0.2) is 17.3 Å². The molecule has 0 radical (unpaired) electrons. The number of halogens is 4. The molecule has 1 aromatic carbocycles. The summed E-state index contributed by atoms with van der Waals surface area (Å²) in [4.78, 5) is 0. The van der Waals surface area contributed by atoms with Crippen molar-refractivity contribution in [2.24, 2.45) is 0 Å². The van der Waals surface area contributed by atoms with E-state index in [1.807, 2.05) is 0 Å². The van der Waals surface area contributed by atoms with Gasteiger partial charge in [-0.1, -0.05) is 6.07 Å². The smallest absolute Gasteiger partial charge is 0.385 e. The highest BCUT2D eigenvalue weighted by atomic mass is 19.4. The molecule has 0 saturated carbocycles. The van der Waals surface area contributed by atoms with Crippen LogP contribution in [0.2, 0.25) is 0 Å². The van der Waals surface area contributed by atoms with Crippen molar-refractivity contribution >= 4 is 0 Å². The highest BCUT2D eigenvalue weighted by Gasteiger charge is 2.42. The molecule has 0 amide bonds. The summed E-state index contributed by atoms with van der Waals surface area (Å²) in [5, 5.41) is 10.6. The molecule has 6 heteroatoms. The summed E-state index contributed by atoms with van der Waals surface area (Å²) in [5.41, 5.74) is -3.36. The molecule has 1 aromatic rings. The Morgan fingerprint density at radius 2 is 1.90 bits per heavy atom. The van der Waals surface area contributed by atoms with Crippen molar-refractivity contribution < 1.29 is 27.4 Å². The highest BCUT2D eigenvalue weighted by molar-refractivity contribution is 5.32. The summed E-state index contributed by atoms with van der Waals surface area (Å²) in [6.45, 7) is 3.75. The second-order valence-corrected chi connectivity index (χ2v) is 5.76. The fourth-order valence-electron chi connectivity index (χ4n) is 2.62. The van der Waals surface area contributed by atoms with E-state index < -0.39 is 28.8 Å². The third-order valence-electron chi connectivity index (χ3n) is 3.54. The molecule has 0 bridgehead atoms. The molecular weight excluding hydrogens is 276 g/mol. The number of hydrogen-bond donors (Lipinski definition) is 1. The molecule has 1 N–H and O–H groups in total. The van der Waals surface area contributed by atoms with Gasteiger partial charge in [-0.2, -0.15) is 13.2 Å². The summed E-state index contributed by atoms with van der Waals surface area (Å²) < 4.78 is 56.9. The average Bonchev–Trinajstić information content (AvgIpc) is 2.25. The fourth-order valence-corrected chi connectivity index (χ4v) is 2.62. The summed E-state index contributed by atoms with van der Waals surface area (Å²) in [7, 11) is 0. The van der Waals surface area contributed by atoms with Gasteiger partial charge in [0.25, 0.3) is 0 Å². The third-order valence-corrected chi connectivity index (χ3v) is 3.54. The Labute approximate surface area is 114 Å². The van der Waals surface area contributed by atoms with Crippen molar-refractivity contribution in [2.75, 3.05) is 6.61 Å². The van der Waals surface area contributed by atoms with E-state index in [0.29, 0.717) is 6.07 Å². The van der Waals surface area contributed by atoms with E-state index in [2.05, 4.69) is 0 Å². The van der Waals surface area contributed by atoms with Crippen LogP contribution in [0, 0.1) is 5.82 Å². The number of benzene rings is 1. The standard InChI is InChI=1S/C14H16F4O2/c1-12(2)8-13(19,5-6-20-12)9-3-4-11(15)10(7-9)14(16,17)18/h3-4,7,19H,5-6,8H2,1-2H3. The zero-order valence-electron chi connectivity index (χ0n) is 11.2. The first-order valence-electron chi connectivity index (χ1n) is 6.27. The molecular formula is C14H16F4O2. The summed E-state index contributed by atoms with van der Waals surface area (Å²) in [5.74, 6) is -1.34. The van der Waals surface area contributed by atoms with Crippen LogP contribution in [0.15, 0.2) is 18.2 Å². The molecule has 112 valence electrons. The van der Waals surface area contributed by atoms with E-state index in [9.17, 15) is 22.7 Å². The monoisotopic (exact) mass is 292 g/mol. The number of rotatable bonds is 1. The quantitative estimate of drug-likeness (QED) is 0.801.